The van der Waals surface area contributed by atoms with Crippen molar-refractivity contribution in [1.29, 1.82) is 0 Å². The van der Waals surface area contributed by atoms with E-state index in [1.807, 2.05) is 6.92 Å². The van der Waals surface area contributed by atoms with Gasteiger partial charge in [-0.25, -0.2) is 10.8 Å². The first-order chi connectivity index (χ1) is 9.93. The number of hydrogen-bond donors (Lipinski definition) is 3. The number of aryl methyl sites for hydroxylation is 1. The van der Waals surface area contributed by atoms with Crippen LogP contribution in [0.4, 0.5) is 11.5 Å². The lowest BCUT2D eigenvalue weighted by Gasteiger charge is -2.11. The molecule has 0 fully saturated rings. The molecule has 0 saturated carbocycles. The standard InChI is InChI=1S/C13H11Cl3N4O/c1-6-2-3-8(14)11(10(6)16)19-13(21)7-4-9(15)12(20-17)18-5-7/h2-5H,17H2,1H3,(H,18,20)(H,19,21). The lowest BCUT2D eigenvalue weighted by atomic mass is 10.2. The zero-order chi connectivity index (χ0) is 15.6. The number of rotatable bonds is 3. The Morgan fingerprint density at radius 3 is 2.57 bits per heavy atom. The summed E-state index contributed by atoms with van der Waals surface area (Å²) < 4.78 is 0. The molecule has 0 aliphatic carbocycles. The van der Waals surface area contributed by atoms with E-state index in [9.17, 15) is 4.79 Å². The second kappa shape index (κ2) is 6.49. The third kappa shape index (κ3) is 3.39. The molecule has 0 radical (unpaired) electrons. The Labute approximate surface area is 136 Å². The van der Waals surface area contributed by atoms with E-state index in [0.29, 0.717) is 15.7 Å². The summed E-state index contributed by atoms with van der Waals surface area (Å²) in [4.78, 5) is 16.1. The fourth-order valence-electron chi connectivity index (χ4n) is 1.63. The SMILES string of the molecule is Cc1ccc(Cl)c(NC(=O)c2cnc(NN)c(Cl)c2)c1Cl. The van der Waals surface area contributed by atoms with Crippen molar-refractivity contribution >= 4 is 52.2 Å². The van der Waals surface area contributed by atoms with Gasteiger partial charge in [-0.1, -0.05) is 40.9 Å². The number of amides is 1. The van der Waals surface area contributed by atoms with Crippen LogP contribution in [0.3, 0.4) is 0 Å². The third-order valence-corrected chi connectivity index (χ3v) is 3.85. The normalized spacial score (nSPS) is 10.3. The van der Waals surface area contributed by atoms with E-state index in [1.165, 1.54) is 12.3 Å². The van der Waals surface area contributed by atoms with Gasteiger partial charge in [0.1, 0.15) is 0 Å². The van der Waals surface area contributed by atoms with E-state index in [4.69, 9.17) is 40.6 Å². The van der Waals surface area contributed by atoms with Gasteiger partial charge in [0.2, 0.25) is 0 Å². The van der Waals surface area contributed by atoms with Crippen molar-refractivity contribution in [2.24, 2.45) is 5.84 Å². The van der Waals surface area contributed by atoms with Gasteiger partial charge in [-0.05, 0) is 24.6 Å². The molecule has 110 valence electrons. The highest BCUT2D eigenvalue weighted by Crippen LogP contribution is 2.33. The first-order valence-electron chi connectivity index (χ1n) is 5.82. The van der Waals surface area contributed by atoms with Crippen LogP contribution in [0.25, 0.3) is 0 Å². The molecule has 1 amide bonds. The minimum absolute atomic E-state index is 0.228. The van der Waals surface area contributed by atoms with Crippen LogP contribution in [-0.2, 0) is 0 Å². The van der Waals surface area contributed by atoms with Crippen molar-refractivity contribution in [3.63, 3.8) is 0 Å². The Bertz CT molecular complexity index is 706. The molecule has 1 aromatic heterocycles. The molecule has 0 aliphatic heterocycles. The van der Waals surface area contributed by atoms with Gasteiger partial charge in [-0.15, -0.1) is 0 Å². The summed E-state index contributed by atoms with van der Waals surface area (Å²) >= 11 is 18.1. The van der Waals surface area contributed by atoms with Crippen molar-refractivity contribution < 1.29 is 4.79 Å². The second-order valence-corrected chi connectivity index (χ2v) is 5.40. The Balaban J connectivity index is 2.30. The van der Waals surface area contributed by atoms with Gasteiger partial charge in [0.25, 0.3) is 5.91 Å². The van der Waals surface area contributed by atoms with Crippen LogP contribution < -0.4 is 16.6 Å². The van der Waals surface area contributed by atoms with Crippen molar-refractivity contribution in [1.82, 2.24) is 4.98 Å². The number of nitrogens with zero attached hydrogens (tertiary/aromatic N) is 1. The molecule has 5 nitrogen and oxygen atoms in total. The molecule has 0 bridgehead atoms. The largest absolute Gasteiger partial charge is 0.319 e. The molecule has 0 aliphatic rings. The van der Waals surface area contributed by atoms with E-state index in [-0.39, 0.29) is 16.4 Å². The van der Waals surface area contributed by atoms with E-state index in [2.05, 4.69) is 15.7 Å². The number of aromatic nitrogens is 1. The molecule has 2 aromatic rings. The molecule has 1 aromatic carbocycles. The molecule has 0 spiro atoms. The smallest absolute Gasteiger partial charge is 0.257 e. The van der Waals surface area contributed by atoms with Crippen molar-refractivity contribution in [2.75, 3.05) is 10.7 Å². The van der Waals surface area contributed by atoms with Gasteiger partial charge >= 0.3 is 0 Å². The summed E-state index contributed by atoms with van der Waals surface area (Å²) in [5.74, 6) is 5.07. The minimum Gasteiger partial charge on any atom is -0.319 e. The number of halogens is 3. The van der Waals surface area contributed by atoms with Gasteiger partial charge in [0, 0.05) is 6.20 Å². The van der Waals surface area contributed by atoms with Gasteiger partial charge in [0.15, 0.2) is 5.82 Å². The van der Waals surface area contributed by atoms with E-state index in [1.54, 1.807) is 12.1 Å². The Kier molecular flexibility index (Phi) is 4.90. The predicted octanol–water partition coefficient (Wildman–Crippen LogP) is 3.89. The predicted molar refractivity (Wildman–Crippen MR) is 86.2 cm³/mol. The van der Waals surface area contributed by atoms with Gasteiger partial charge in [-0.2, -0.15) is 0 Å². The number of carbonyl (C=O) groups excluding carboxylic acids is 1. The Hall–Kier alpha value is -1.53. The number of benzene rings is 1. The number of nitrogens with one attached hydrogen (secondary N) is 2. The molecule has 21 heavy (non-hydrogen) atoms. The maximum Gasteiger partial charge on any atom is 0.257 e. The summed E-state index contributed by atoms with van der Waals surface area (Å²) in [5, 5.41) is 3.61. The number of hydrogen-bond acceptors (Lipinski definition) is 4. The van der Waals surface area contributed by atoms with Crippen LogP contribution >= 0.6 is 34.8 Å². The molecular formula is C13H11Cl3N4O. The van der Waals surface area contributed by atoms with Crippen LogP contribution in [0.2, 0.25) is 15.1 Å². The van der Waals surface area contributed by atoms with E-state index < -0.39 is 5.91 Å². The molecule has 0 unspecified atom stereocenters. The van der Waals surface area contributed by atoms with Crippen LogP contribution in [-0.4, -0.2) is 10.9 Å². The number of pyridine rings is 1. The van der Waals surface area contributed by atoms with Gasteiger partial charge in [0.05, 0.1) is 26.3 Å². The number of nitrogens with two attached hydrogens (primary N) is 1. The van der Waals surface area contributed by atoms with E-state index in [0.717, 1.165) is 5.56 Å². The highest BCUT2D eigenvalue weighted by molar-refractivity contribution is 6.40. The number of carbonyl (C=O) groups is 1. The average Bonchev–Trinajstić information content (AvgIpc) is 2.47. The number of nitrogen functional groups attached to an aromatic ring is 1. The molecular weight excluding hydrogens is 335 g/mol. The maximum absolute atomic E-state index is 12.2. The van der Waals surface area contributed by atoms with Crippen LogP contribution in [0, 0.1) is 6.92 Å². The quantitative estimate of drug-likeness (QED) is 0.582. The molecule has 4 N–H and O–H groups in total. The lowest BCUT2D eigenvalue weighted by Crippen LogP contribution is -2.15. The summed E-state index contributed by atoms with van der Waals surface area (Å²) in [6.07, 6.45) is 1.34. The van der Waals surface area contributed by atoms with Crippen molar-refractivity contribution in [3.8, 4) is 0 Å². The van der Waals surface area contributed by atoms with Crippen molar-refractivity contribution in [2.45, 2.75) is 6.92 Å². The summed E-state index contributed by atoms with van der Waals surface area (Å²) in [6, 6.07) is 4.86. The zero-order valence-corrected chi connectivity index (χ0v) is 13.1. The average molecular weight is 346 g/mol. The van der Waals surface area contributed by atoms with Crippen LogP contribution in [0.5, 0.6) is 0 Å². The highest BCUT2D eigenvalue weighted by atomic mass is 35.5. The second-order valence-electron chi connectivity index (χ2n) is 4.21. The van der Waals surface area contributed by atoms with Crippen LogP contribution in [0.1, 0.15) is 15.9 Å². The molecule has 0 atom stereocenters. The Morgan fingerprint density at radius 2 is 1.95 bits per heavy atom. The monoisotopic (exact) mass is 344 g/mol. The molecule has 2 rings (SSSR count). The fraction of sp³-hybridized carbons (Fsp3) is 0.0769. The topological polar surface area (TPSA) is 80.0 Å². The molecule has 1 heterocycles. The fourth-order valence-corrected chi connectivity index (χ4v) is 2.31. The number of anilines is 2. The lowest BCUT2D eigenvalue weighted by molar-refractivity contribution is 0.102. The van der Waals surface area contributed by atoms with Crippen molar-refractivity contribution in [3.05, 3.63) is 50.6 Å². The number of hydrazine groups is 1. The first-order valence-corrected chi connectivity index (χ1v) is 6.95. The highest BCUT2D eigenvalue weighted by Gasteiger charge is 2.14. The minimum atomic E-state index is -0.428. The first kappa shape index (κ1) is 15.9. The summed E-state index contributed by atoms with van der Waals surface area (Å²) in [6.45, 7) is 1.81. The van der Waals surface area contributed by atoms with E-state index >= 15 is 0 Å². The van der Waals surface area contributed by atoms with Gasteiger partial charge < -0.3 is 10.7 Å². The summed E-state index contributed by atoms with van der Waals surface area (Å²) in [7, 11) is 0. The maximum atomic E-state index is 12.2. The molecule has 8 heteroatoms. The third-order valence-electron chi connectivity index (χ3n) is 2.76. The summed E-state index contributed by atoms with van der Waals surface area (Å²) in [5.41, 5.74) is 3.73. The van der Waals surface area contributed by atoms with Gasteiger partial charge in [-0.3, -0.25) is 4.79 Å². The Morgan fingerprint density at radius 1 is 1.24 bits per heavy atom. The molecule has 0 saturated heterocycles. The zero-order valence-electron chi connectivity index (χ0n) is 10.9. The van der Waals surface area contributed by atoms with Crippen LogP contribution in [0.15, 0.2) is 24.4 Å².